The first-order valence-corrected chi connectivity index (χ1v) is 8.12. The average molecular weight is 287 g/mol. The lowest BCUT2D eigenvalue weighted by atomic mass is 9.84. The predicted molar refractivity (Wildman–Crippen MR) is 84.1 cm³/mol. The fourth-order valence-electron chi connectivity index (χ4n) is 4.06. The molecule has 0 spiro atoms. The zero-order valence-electron chi connectivity index (χ0n) is 13.2. The summed E-state index contributed by atoms with van der Waals surface area (Å²) in [5.74, 6) is 1.16. The Morgan fingerprint density at radius 2 is 1.81 bits per heavy atom. The molecule has 2 fully saturated rings. The van der Waals surface area contributed by atoms with Crippen LogP contribution in [0.4, 0.5) is 0 Å². The maximum atomic E-state index is 13.3. The maximum Gasteiger partial charge on any atom is 0.183 e. The van der Waals surface area contributed by atoms with Crippen LogP contribution < -0.4 is 4.74 Å². The first-order valence-electron chi connectivity index (χ1n) is 8.12. The highest BCUT2D eigenvalue weighted by Gasteiger charge is 2.47. The maximum absolute atomic E-state index is 13.3. The van der Waals surface area contributed by atoms with E-state index < -0.39 is 0 Å². The van der Waals surface area contributed by atoms with Crippen molar-refractivity contribution in [2.45, 2.75) is 51.0 Å². The quantitative estimate of drug-likeness (QED) is 0.793. The van der Waals surface area contributed by atoms with Gasteiger partial charge in [-0.2, -0.15) is 0 Å². The number of rotatable bonds is 4. The predicted octanol–water partition coefficient (Wildman–Crippen LogP) is 3.59. The molecular formula is C18H25NO2. The van der Waals surface area contributed by atoms with Crippen LogP contribution in [0.5, 0.6) is 5.75 Å². The molecule has 0 N–H and O–H groups in total. The van der Waals surface area contributed by atoms with Crippen LogP contribution in [0.3, 0.4) is 0 Å². The summed E-state index contributed by atoms with van der Waals surface area (Å²) >= 11 is 0. The fourth-order valence-corrected chi connectivity index (χ4v) is 4.06. The van der Waals surface area contributed by atoms with Gasteiger partial charge in [0.1, 0.15) is 5.75 Å². The Kier molecular flexibility index (Phi) is 4.03. The van der Waals surface area contributed by atoms with Crippen molar-refractivity contribution in [1.82, 2.24) is 4.90 Å². The van der Waals surface area contributed by atoms with E-state index in [9.17, 15) is 4.79 Å². The summed E-state index contributed by atoms with van der Waals surface area (Å²) < 4.78 is 5.26. The largest absolute Gasteiger partial charge is 0.497 e. The first-order chi connectivity index (χ1) is 10.2. The molecule has 0 atom stereocenters. The lowest BCUT2D eigenvalue weighted by Crippen LogP contribution is -2.51. The summed E-state index contributed by atoms with van der Waals surface area (Å²) in [6, 6.07) is 5.83. The summed E-state index contributed by atoms with van der Waals surface area (Å²) in [5.41, 5.74) is 1.69. The van der Waals surface area contributed by atoms with Crippen LogP contribution in [0.25, 0.3) is 0 Å². The molecule has 1 aliphatic heterocycles. The Morgan fingerprint density at radius 1 is 1.14 bits per heavy atom. The van der Waals surface area contributed by atoms with Crippen LogP contribution in [-0.4, -0.2) is 36.4 Å². The second-order valence-corrected chi connectivity index (χ2v) is 6.44. The first kappa shape index (κ1) is 14.6. The van der Waals surface area contributed by atoms with Crippen molar-refractivity contribution in [3.05, 3.63) is 29.3 Å². The van der Waals surface area contributed by atoms with Crippen LogP contribution in [-0.2, 0) is 0 Å². The molecule has 1 heterocycles. The molecule has 1 saturated heterocycles. The molecule has 0 unspecified atom stereocenters. The fraction of sp³-hybridized carbons (Fsp3) is 0.611. The van der Waals surface area contributed by atoms with Crippen LogP contribution in [0.2, 0.25) is 0 Å². The Labute approximate surface area is 127 Å². The van der Waals surface area contributed by atoms with Gasteiger partial charge in [-0.05, 0) is 69.5 Å². The van der Waals surface area contributed by atoms with Crippen molar-refractivity contribution in [3.8, 4) is 5.75 Å². The monoisotopic (exact) mass is 287 g/mol. The van der Waals surface area contributed by atoms with Gasteiger partial charge in [-0.25, -0.2) is 0 Å². The molecule has 0 bridgehead atoms. The van der Waals surface area contributed by atoms with Crippen molar-refractivity contribution >= 4 is 5.78 Å². The number of hydrogen-bond acceptors (Lipinski definition) is 3. The van der Waals surface area contributed by atoms with E-state index in [-0.39, 0.29) is 5.54 Å². The summed E-state index contributed by atoms with van der Waals surface area (Å²) in [6.45, 7) is 4.18. The Bertz CT molecular complexity index is 526. The van der Waals surface area contributed by atoms with Gasteiger partial charge in [-0.15, -0.1) is 0 Å². The molecule has 0 aromatic heterocycles. The van der Waals surface area contributed by atoms with Crippen LogP contribution in [0, 0.1) is 6.92 Å². The Morgan fingerprint density at radius 3 is 2.38 bits per heavy atom. The number of carbonyl (C=O) groups is 1. The number of ketones is 1. The third-order valence-corrected chi connectivity index (χ3v) is 5.24. The van der Waals surface area contributed by atoms with Gasteiger partial charge in [0.25, 0.3) is 0 Å². The zero-order valence-corrected chi connectivity index (χ0v) is 13.2. The van der Waals surface area contributed by atoms with E-state index >= 15 is 0 Å². The van der Waals surface area contributed by atoms with Gasteiger partial charge in [-0.3, -0.25) is 9.69 Å². The van der Waals surface area contributed by atoms with Crippen molar-refractivity contribution in [2.24, 2.45) is 0 Å². The molecule has 3 nitrogen and oxygen atoms in total. The van der Waals surface area contributed by atoms with Gasteiger partial charge in [0, 0.05) is 5.56 Å². The zero-order chi connectivity index (χ0) is 14.9. The minimum absolute atomic E-state index is 0.226. The average Bonchev–Trinajstić information content (AvgIpc) is 3.17. The van der Waals surface area contributed by atoms with Crippen molar-refractivity contribution < 1.29 is 9.53 Å². The summed E-state index contributed by atoms with van der Waals surface area (Å²) in [6.07, 6.45) is 6.87. The normalized spacial score (nSPS) is 21.6. The van der Waals surface area contributed by atoms with E-state index in [1.54, 1.807) is 7.11 Å². The number of aryl methyl sites for hydroxylation is 1. The number of methoxy groups -OCH3 is 1. The van der Waals surface area contributed by atoms with Gasteiger partial charge < -0.3 is 4.74 Å². The Hall–Kier alpha value is -1.35. The van der Waals surface area contributed by atoms with Crippen molar-refractivity contribution in [1.29, 1.82) is 0 Å². The van der Waals surface area contributed by atoms with Crippen LogP contribution in [0.15, 0.2) is 18.2 Å². The minimum Gasteiger partial charge on any atom is -0.497 e. The number of hydrogen-bond donors (Lipinski definition) is 0. The van der Waals surface area contributed by atoms with Gasteiger partial charge >= 0.3 is 0 Å². The van der Waals surface area contributed by atoms with Gasteiger partial charge in [0.2, 0.25) is 0 Å². The smallest absolute Gasteiger partial charge is 0.183 e. The summed E-state index contributed by atoms with van der Waals surface area (Å²) in [4.78, 5) is 15.8. The lowest BCUT2D eigenvalue weighted by molar-refractivity contribution is 0.0625. The minimum atomic E-state index is -0.226. The van der Waals surface area contributed by atoms with E-state index in [0.717, 1.165) is 42.8 Å². The second kappa shape index (κ2) is 5.80. The highest BCUT2D eigenvalue weighted by molar-refractivity contribution is 6.04. The number of carbonyl (C=O) groups excluding carboxylic acids is 1. The molecule has 0 amide bonds. The van der Waals surface area contributed by atoms with E-state index in [0.29, 0.717) is 5.78 Å². The number of ether oxygens (including phenoxy) is 1. The SMILES string of the molecule is COc1ccc(C(=O)C2(N3CCCC3)CCCC2)c(C)c1. The third kappa shape index (κ3) is 2.48. The van der Waals surface area contributed by atoms with Gasteiger partial charge in [-0.1, -0.05) is 12.8 Å². The standard InChI is InChI=1S/C18H25NO2/c1-14-13-15(21-2)7-8-16(14)17(20)18(9-3-4-10-18)19-11-5-6-12-19/h7-8,13H,3-6,9-12H2,1-2H3. The van der Waals surface area contributed by atoms with Gasteiger partial charge in [0.05, 0.1) is 12.6 Å². The molecule has 1 saturated carbocycles. The van der Waals surface area contributed by atoms with E-state index in [1.807, 2.05) is 25.1 Å². The number of benzene rings is 1. The molecule has 2 aliphatic rings. The van der Waals surface area contributed by atoms with Crippen LogP contribution >= 0.6 is 0 Å². The second-order valence-electron chi connectivity index (χ2n) is 6.44. The van der Waals surface area contributed by atoms with E-state index in [4.69, 9.17) is 4.74 Å². The number of likely N-dealkylation sites (tertiary alicyclic amines) is 1. The van der Waals surface area contributed by atoms with Crippen LogP contribution in [0.1, 0.15) is 54.4 Å². The van der Waals surface area contributed by atoms with Crippen molar-refractivity contribution in [2.75, 3.05) is 20.2 Å². The highest BCUT2D eigenvalue weighted by Crippen LogP contribution is 2.40. The topological polar surface area (TPSA) is 29.5 Å². The molecule has 1 aromatic rings. The molecule has 1 aromatic carbocycles. The number of nitrogens with zero attached hydrogens (tertiary/aromatic N) is 1. The van der Waals surface area contributed by atoms with E-state index in [1.165, 1.54) is 25.7 Å². The Balaban J connectivity index is 1.94. The highest BCUT2D eigenvalue weighted by atomic mass is 16.5. The lowest BCUT2D eigenvalue weighted by Gasteiger charge is -2.37. The van der Waals surface area contributed by atoms with E-state index in [2.05, 4.69) is 4.90 Å². The molecule has 21 heavy (non-hydrogen) atoms. The molecule has 1 aliphatic carbocycles. The number of Topliss-reactive ketones (excluding diaryl/α,β-unsaturated/α-hetero) is 1. The molecular weight excluding hydrogens is 262 g/mol. The molecule has 3 heteroatoms. The molecule has 114 valence electrons. The third-order valence-electron chi connectivity index (χ3n) is 5.24. The van der Waals surface area contributed by atoms with Gasteiger partial charge in [0.15, 0.2) is 5.78 Å². The summed E-state index contributed by atoms with van der Waals surface area (Å²) in [5, 5.41) is 0. The molecule has 3 rings (SSSR count). The summed E-state index contributed by atoms with van der Waals surface area (Å²) in [7, 11) is 1.67. The van der Waals surface area contributed by atoms with Crippen molar-refractivity contribution in [3.63, 3.8) is 0 Å². The molecule has 0 radical (unpaired) electrons.